The molecule has 0 spiro atoms. The van der Waals surface area contributed by atoms with Crippen LogP contribution in [0.25, 0.3) is 27.8 Å². The molecule has 1 amide bonds. The molecule has 1 unspecified atom stereocenters. The first-order valence-electron chi connectivity index (χ1n) is 13.2. The second kappa shape index (κ2) is 13.0. The van der Waals surface area contributed by atoms with E-state index in [1.54, 1.807) is 21.6 Å². The lowest BCUT2D eigenvalue weighted by atomic mass is 10.0. The molecule has 12 heteroatoms. The highest BCUT2D eigenvalue weighted by molar-refractivity contribution is 5.87. The molecule has 2 N–H and O–H groups in total. The molecule has 1 aromatic carbocycles. The third-order valence-corrected chi connectivity index (χ3v) is 7.41. The van der Waals surface area contributed by atoms with Gasteiger partial charge in [0.1, 0.15) is 11.9 Å². The summed E-state index contributed by atoms with van der Waals surface area (Å²) in [5.41, 5.74) is 12.2. The van der Waals surface area contributed by atoms with Gasteiger partial charge in [0.2, 0.25) is 5.91 Å². The Morgan fingerprint density at radius 3 is 2.36 bits per heavy atom. The van der Waals surface area contributed by atoms with Crippen LogP contribution in [0.5, 0.6) is 0 Å². The first-order chi connectivity index (χ1) is 19.5. The maximum absolute atomic E-state index is 12.9. The maximum atomic E-state index is 12.9. The lowest BCUT2D eigenvalue weighted by Crippen LogP contribution is -2.49. The Hall–Kier alpha value is -4.43. The molecule has 10 nitrogen and oxygen atoms in total. The molecule has 1 atom stereocenters. The number of aryl methyl sites for hydroxylation is 1. The van der Waals surface area contributed by atoms with Crippen molar-refractivity contribution in [2.45, 2.75) is 12.5 Å². The summed E-state index contributed by atoms with van der Waals surface area (Å²) < 4.78 is 3.49. The number of amides is 1. The molecule has 5 aromatic rings. The van der Waals surface area contributed by atoms with Gasteiger partial charge < -0.3 is 15.5 Å². The van der Waals surface area contributed by atoms with Crippen molar-refractivity contribution < 1.29 is 4.79 Å². The summed E-state index contributed by atoms with van der Waals surface area (Å²) in [5, 5.41) is 18.4. The van der Waals surface area contributed by atoms with E-state index in [0.29, 0.717) is 38.2 Å². The van der Waals surface area contributed by atoms with Crippen molar-refractivity contribution in [2.24, 2.45) is 12.8 Å². The monoisotopic (exact) mass is 603 g/mol. The van der Waals surface area contributed by atoms with Gasteiger partial charge in [-0.05, 0) is 23.8 Å². The number of anilines is 1. The minimum Gasteiger partial charge on any atom is -0.353 e. The lowest BCUT2D eigenvalue weighted by Gasteiger charge is -2.36. The number of fused-ring (bicyclic) bond motifs is 1. The summed E-state index contributed by atoms with van der Waals surface area (Å²) in [4.78, 5) is 21.7. The zero-order chi connectivity index (χ0) is 27.6. The van der Waals surface area contributed by atoms with Gasteiger partial charge in [0.15, 0.2) is 0 Å². The van der Waals surface area contributed by atoms with E-state index < -0.39 is 0 Å². The average Bonchev–Trinajstić information content (AvgIpc) is 3.63. The number of piperazine rings is 1. The van der Waals surface area contributed by atoms with Gasteiger partial charge in [-0.2, -0.15) is 15.5 Å². The molecule has 0 radical (unpaired) electrons. The van der Waals surface area contributed by atoms with E-state index in [0.717, 1.165) is 39.2 Å². The summed E-state index contributed by atoms with van der Waals surface area (Å²) in [7, 11) is 1.88. The number of hydrogen-bond donors (Lipinski definition) is 1. The molecular formula is C30H31Cl2N9O. The second-order valence-electron chi connectivity index (χ2n) is 10.0. The minimum atomic E-state index is -0.304. The highest BCUT2D eigenvalue weighted by atomic mass is 35.5. The molecule has 1 fully saturated rings. The Labute approximate surface area is 256 Å². The van der Waals surface area contributed by atoms with Gasteiger partial charge in [-0.25, -0.2) is 9.50 Å². The molecule has 6 rings (SSSR count). The van der Waals surface area contributed by atoms with Gasteiger partial charge >= 0.3 is 0 Å². The van der Waals surface area contributed by atoms with Gasteiger partial charge in [0, 0.05) is 86.5 Å². The number of halogens is 2. The van der Waals surface area contributed by atoms with Gasteiger partial charge in [0.25, 0.3) is 0 Å². The Morgan fingerprint density at radius 2 is 1.71 bits per heavy atom. The van der Waals surface area contributed by atoms with Gasteiger partial charge in [0.05, 0.1) is 23.5 Å². The van der Waals surface area contributed by atoms with Gasteiger partial charge in [-0.1, -0.05) is 30.3 Å². The molecule has 1 aliphatic rings. The normalized spacial score (nSPS) is 13.6. The van der Waals surface area contributed by atoms with Crippen LogP contribution in [0.4, 0.5) is 5.82 Å². The van der Waals surface area contributed by atoms with Crippen molar-refractivity contribution in [1.82, 2.24) is 29.3 Å². The van der Waals surface area contributed by atoms with Gasteiger partial charge in [-0.3, -0.25) is 9.48 Å². The number of nitriles is 1. The molecule has 4 aromatic heterocycles. The van der Waals surface area contributed by atoms with Crippen molar-refractivity contribution in [3.8, 4) is 28.3 Å². The SMILES string of the molecule is Cl.Cl.Cn1cc(-c2cc(-c3ccc(N4CCN(C(=O)CC(N)c5ccccc5)CC4)nc3)c3c(C#N)cnn3c2)cn1. The molecule has 0 saturated carbocycles. The second-order valence-corrected chi connectivity index (χ2v) is 10.0. The fourth-order valence-electron chi connectivity index (χ4n) is 5.20. The smallest absolute Gasteiger partial charge is 0.224 e. The number of pyridine rings is 2. The maximum Gasteiger partial charge on any atom is 0.224 e. The standard InChI is InChI=1S/C30H29N9O.2ClH/c1-36-19-25(18-34-36)23-13-26(30-24(15-31)17-35-39(30)20-23)22-7-8-28(33-16-22)37-9-11-38(12-10-37)29(40)14-27(32)21-5-3-2-4-6-21;;/h2-8,13,16-20,27H,9-12,14,32H2,1H3;2*1H. The quantitative estimate of drug-likeness (QED) is 0.308. The van der Waals surface area contributed by atoms with E-state index in [1.165, 1.54) is 0 Å². The Morgan fingerprint density at radius 1 is 0.952 bits per heavy atom. The minimum absolute atomic E-state index is 0. The van der Waals surface area contributed by atoms with Crippen molar-refractivity contribution in [1.29, 1.82) is 5.26 Å². The van der Waals surface area contributed by atoms with Crippen LogP contribution in [-0.4, -0.2) is 61.4 Å². The van der Waals surface area contributed by atoms with E-state index in [1.807, 2.05) is 73.0 Å². The summed E-state index contributed by atoms with van der Waals surface area (Å²) >= 11 is 0. The van der Waals surface area contributed by atoms with Crippen molar-refractivity contribution in [2.75, 3.05) is 31.1 Å². The summed E-state index contributed by atoms with van der Waals surface area (Å²) in [6.07, 6.45) is 9.37. The predicted octanol–water partition coefficient (Wildman–Crippen LogP) is 4.25. The van der Waals surface area contributed by atoms with Gasteiger partial charge in [-0.15, -0.1) is 24.8 Å². The van der Waals surface area contributed by atoms with Crippen LogP contribution in [0.3, 0.4) is 0 Å². The Balaban J connectivity index is 0.00000202. The number of carbonyl (C=O) groups excluding carboxylic acids is 1. The number of carbonyl (C=O) groups is 1. The number of hydrogen-bond acceptors (Lipinski definition) is 7. The molecule has 1 aliphatic heterocycles. The molecule has 0 aliphatic carbocycles. The first kappa shape index (κ1) is 30.5. The third-order valence-electron chi connectivity index (χ3n) is 7.41. The van der Waals surface area contributed by atoms with Crippen LogP contribution >= 0.6 is 24.8 Å². The average molecular weight is 605 g/mol. The summed E-state index contributed by atoms with van der Waals surface area (Å²) in [5.74, 6) is 0.927. The van der Waals surface area contributed by atoms with E-state index in [9.17, 15) is 10.1 Å². The van der Waals surface area contributed by atoms with Crippen LogP contribution in [0.1, 0.15) is 23.6 Å². The zero-order valence-electron chi connectivity index (χ0n) is 23.0. The summed E-state index contributed by atoms with van der Waals surface area (Å²) in [6, 6.07) is 17.8. The highest BCUT2D eigenvalue weighted by Crippen LogP contribution is 2.32. The predicted molar refractivity (Wildman–Crippen MR) is 167 cm³/mol. The van der Waals surface area contributed by atoms with E-state index in [2.05, 4.69) is 27.2 Å². The van der Waals surface area contributed by atoms with E-state index in [4.69, 9.17) is 10.7 Å². The molecular weight excluding hydrogens is 573 g/mol. The molecule has 0 bridgehead atoms. The van der Waals surface area contributed by atoms with Crippen LogP contribution in [0.15, 0.2) is 79.5 Å². The third kappa shape index (κ3) is 6.09. The first-order valence-corrected chi connectivity index (χ1v) is 13.2. The fourth-order valence-corrected chi connectivity index (χ4v) is 5.20. The fraction of sp³-hybridized carbons (Fsp3) is 0.233. The van der Waals surface area contributed by atoms with Crippen LogP contribution < -0.4 is 10.6 Å². The van der Waals surface area contributed by atoms with Crippen molar-refractivity contribution >= 4 is 42.1 Å². The van der Waals surface area contributed by atoms with Crippen LogP contribution in [-0.2, 0) is 11.8 Å². The number of nitrogens with two attached hydrogens (primary N) is 1. The number of rotatable bonds is 6. The molecule has 42 heavy (non-hydrogen) atoms. The lowest BCUT2D eigenvalue weighted by molar-refractivity contribution is -0.131. The van der Waals surface area contributed by atoms with E-state index >= 15 is 0 Å². The molecule has 1 saturated heterocycles. The number of nitrogens with zero attached hydrogens (tertiary/aromatic N) is 8. The Kier molecular flexibility index (Phi) is 9.48. The van der Waals surface area contributed by atoms with Crippen LogP contribution in [0, 0.1) is 11.3 Å². The Bertz CT molecular complexity index is 1700. The zero-order valence-corrected chi connectivity index (χ0v) is 24.6. The topological polar surface area (TPSA) is 121 Å². The highest BCUT2D eigenvalue weighted by Gasteiger charge is 2.24. The van der Waals surface area contributed by atoms with Crippen LogP contribution in [0.2, 0.25) is 0 Å². The van der Waals surface area contributed by atoms with Crippen molar-refractivity contribution in [3.05, 3.63) is 90.6 Å². The summed E-state index contributed by atoms with van der Waals surface area (Å²) in [6.45, 7) is 2.64. The number of benzene rings is 1. The van der Waals surface area contributed by atoms with Crippen molar-refractivity contribution in [3.63, 3.8) is 0 Å². The molecule has 5 heterocycles. The largest absolute Gasteiger partial charge is 0.353 e. The number of aromatic nitrogens is 5. The molecule has 216 valence electrons. The van der Waals surface area contributed by atoms with E-state index in [-0.39, 0.29) is 36.8 Å².